The summed E-state index contributed by atoms with van der Waals surface area (Å²) in [5.74, 6) is 0. The van der Waals surface area contributed by atoms with E-state index in [0.717, 1.165) is 9.40 Å². The van der Waals surface area contributed by atoms with Gasteiger partial charge in [-0.15, -0.1) is 11.3 Å². The molecule has 0 spiro atoms. The molecular formula is C16H14O2S2. The van der Waals surface area contributed by atoms with E-state index in [1.54, 1.807) is 17.4 Å². The molecule has 3 aromatic rings. The first-order valence-corrected chi connectivity index (χ1v) is 8.47. The van der Waals surface area contributed by atoms with Crippen molar-refractivity contribution in [3.63, 3.8) is 0 Å². The van der Waals surface area contributed by atoms with Gasteiger partial charge in [-0.3, -0.25) is 4.79 Å². The monoisotopic (exact) mass is 302 g/mol. The van der Waals surface area contributed by atoms with Gasteiger partial charge in [0.2, 0.25) is 5.43 Å². The third-order valence-electron chi connectivity index (χ3n) is 3.21. The van der Waals surface area contributed by atoms with Crippen molar-refractivity contribution in [2.75, 3.05) is 0 Å². The van der Waals surface area contributed by atoms with Crippen LogP contribution in [0.5, 0.6) is 0 Å². The van der Waals surface area contributed by atoms with Gasteiger partial charge in [-0.05, 0) is 49.3 Å². The van der Waals surface area contributed by atoms with Crippen LogP contribution >= 0.6 is 11.3 Å². The van der Waals surface area contributed by atoms with E-state index < -0.39 is 11.2 Å². The standard InChI is InChI=1S/C16H14O2S2/c1-10(2)20(18)14-9-5-8-13-15(14)16(17)11-6-3-4-7-12(11)19-13/h3-10H,1-2H3. The van der Waals surface area contributed by atoms with Crippen LogP contribution in [0.25, 0.3) is 20.2 Å². The minimum Gasteiger partial charge on any atom is -0.611 e. The van der Waals surface area contributed by atoms with Crippen molar-refractivity contribution < 1.29 is 4.55 Å². The first-order chi connectivity index (χ1) is 9.59. The molecule has 1 heterocycles. The Labute approximate surface area is 124 Å². The highest BCUT2D eigenvalue weighted by Crippen LogP contribution is 2.29. The van der Waals surface area contributed by atoms with Crippen LogP contribution in [-0.2, 0) is 11.2 Å². The molecule has 0 fully saturated rings. The Bertz CT molecular complexity index is 837. The van der Waals surface area contributed by atoms with Crippen molar-refractivity contribution in [2.24, 2.45) is 0 Å². The number of rotatable bonds is 2. The lowest BCUT2D eigenvalue weighted by molar-refractivity contribution is 0.587. The van der Waals surface area contributed by atoms with Gasteiger partial charge in [0.1, 0.15) is 5.25 Å². The second-order valence-corrected chi connectivity index (χ2v) is 7.96. The van der Waals surface area contributed by atoms with Crippen LogP contribution < -0.4 is 5.43 Å². The van der Waals surface area contributed by atoms with Crippen LogP contribution in [0.4, 0.5) is 0 Å². The topological polar surface area (TPSA) is 40.1 Å². The minimum absolute atomic E-state index is 0.00327. The van der Waals surface area contributed by atoms with E-state index in [1.807, 2.05) is 50.2 Å². The molecule has 1 unspecified atom stereocenters. The van der Waals surface area contributed by atoms with Gasteiger partial charge in [-0.25, -0.2) is 0 Å². The van der Waals surface area contributed by atoms with Crippen LogP contribution in [0, 0.1) is 0 Å². The van der Waals surface area contributed by atoms with Gasteiger partial charge in [-0.1, -0.05) is 18.2 Å². The fourth-order valence-electron chi connectivity index (χ4n) is 2.24. The molecule has 0 N–H and O–H groups in total. The second kappa shape index (κ2) is 5.20. The van der Waals surface area contributed by atoms with Crippen molar-refractivity contribution >= 4 is 42.7 Å². The number of hydrogen-bond donors (Lipinski definition) is 0. The van der Waals surface area contributed by atoms with Crippen molar-refractivity contribution in [2.45, 2.75) is 24.0 Å². The van der Waals surface area contributed by atoms with Gasteiger partial charge < -0.3 is 4.55 Å². The summed E-state index contributed by atoms with van der Waals surface area (Å²) in [6.45, 7) is 3.81. The summed E-state index contributed by atoms with van der Waals surface area (Å²) in [5.41, 5.74) is -0.0149. The maximum absolute atomic E-state index is 12.7. The lowest BCUT2D eigenvalue weighted by atomic mass is 10.2. The predicted molar refractivity (Wildman–Crippen MR) is 87.1 cm³/mol. The SMILES string of the molecule is CC(C)[S+]([O-])c1cccc2sc3ccccc3c(=O)c12. The Kier molecular flexibility index (Phi) is 3.54. The lowest BCUT2D eigenvalue weighted by Crippen LogP contribution is -2.16. The molecule has 2 nitrogen and oxygen atoms in total. The molecule has 0 bridgehead atoms. The summed E-state index contributed by atoms with van der Waals surface area (Å²) in [7, 11) is 0. The van der Waals surface area contributed by atoms with E-state index >= 15 is 0 Å². The fourth-order valence-corrected chi connectivity index (χ4v) is 4.53. The Hall–Kier alpha value is -1.36. The van der Waals surface area contributed by atoms with Gasteiger partial charge in [-0.2, -0.15) is 0 Å². The van der Waals surface area contributed by atoms with Crippen LogP contribution in [0.3, 0.4) is 0 Å². The highest BCUT2D eigenvalue weighted by molar-refractivity contribution is 7.92. The zero-order valence-electron chi connectivity index (χ0n) is 11.3. The Morgan fingerprint density at radius 1 is 1.05 bits per heavy atom. The molecule has 20 heavy (non-hydrogen) atoms. The highest BCUT2D eigenvalue weighted by atomic mass is 32.2. The predicted octanol–water partition coefficient (Wildman–Crippen LogP) is 3.93. The average Bonchev–Trinajstić information content (AvgIpc) is 2.46. The summed E-state index contributed by atoms with van der Waals surface area (Å²) in [6.07, 6.45) is 0. The maximum Gasteiger partial charge on any atom is 0.200 e. The summed E-state index contributed by atoms with van der Waals surface area (Å²) < 4.78 is 14.3. The fraction of sp³-hybridized carbons (Fsp3) is 0.188. The van der Waals surface area contributed by atoms with Crippen molar-refractivity contribution in [3.8, 4) is 0 Å². The Balaban J connectivity index is 2.45. The van der Waals surface area contributed by atoms with Crippen molar-refractivity contribution in [1.82, 2.24) is 0 Å². The quantitative estimate of drug-likeness (QED) is 0.531. The van der Waals surface area contributed by atoms with E-state index in [0.29, 0.717) is 15.7 Å². The van der Waals surface area contributed by atoms with Crippen molar-refractivity contribution in [3.05, 3.63) is 52.7 Å². The van der Waals surface area contributed by atoms with E-state index in [9.17, 15) is 9.35 Å². The molecular weight excluding hydrogens is 288 g/mol. The molecule has 2 aromatic carbocycles. The molecule has 0 saturated carbocycles. The number of benzene rings is 2. The number of hydrogen-bond acceptors (Lipinski definition) is 3. The van der Waals surface area contributed by atoms with Gasteiger partial charge in [0.05, 0.1) is 5.39 Å². The first kappa shape index (κ1) is 13.6. The van der Waals surface area contributed by atoms with Crippen LogP contribution in [0.1, 0.15) is 13.8 Å². The second-order valence-electron chi connectivity index (χ2n) is 4.90. The largest absolute Gasteiger partial charge is 0.611 e. The van der Waals surface area contributed by atoms with Crippen LogP contribution in [0.2, 0.25) is 0 Å². The van der Waals surface area contributed by atoms with E-state index in [1.165, 1.54) is 0 Å². The first-order valence-electron chi connectivity index (χ1n) is 6.44. The highest BCUT2D eigenvalue weighted by Gasteiger charge is 2.21. The summed E-state index contributed by atoms with van der Waals surface area (Å²) in [6, 6.07) is 13.2. The van der Waals surface area contributed by atoms with Gasteiger partial charge in [0, 0.05) is 14.8 Å². The molecule has 0 aliphatic carbocycles. The van der Waals surface area contributed by atoms with Gasteiger partial charge in [0.15, 0.2) is 4.90 Å². The molecule has 102 valence electrons. The average molecular weight is 302 g/mol. The minimum atomic E-state index is -1.16. The summed E-state index contributed by atoms with van der Waals surface area (Å²) in [5, 5.41) is 1.32. The Morgan fingerprint density at radius 3 is 2.50 bits per heavy atom. The molecule has 3 rings (SSSR count). The maximum atomic E-state index is 12.7. The molecule has 0 radical (unpaired) electrons. The third kappa shape index (κ3) is 2.14. The number of fused-ring (bicyclic) bond motifs is 2. The van der Waals surface area contributed by atoms with Crippen LogP contribution in [-0.4, -0.2) is 9.80 Å². The molecule has 0 aliphatic heterocycles. The summed E-state index contributed by atoms with van der Waals surface area (Å²) >= 11 is 0.418. The van der Waals surface area contributed by atoms with Gasteiger partial charge in [0.25, 0.3) is 0 Å². The zero-order valence-corrected chi connectivity index (χ0v) is 12.9. The van der Waals surface area contributed by atoms with Crippen molar-refractivity contribution in [1.29, 1.82) is 0 Å². The normalized spacial score (nSPS) is 13.2. The molecule has 0 aliphatic rings. The molecule has 0 amide bonds. The van der Waals surface area contributed by atoms with E-state index in [4.69, 9.17) is 0 Å². The van der Waals surface area contributed by atoms with Gasteiger partial charge >= 0.3 is 0 Å². The van der Waals surface area contributed by atoms with E-state index in [2.05, 4.69) is 0 Å². The molecule has 1 atom stereocenters. The summed E-state index contributed by atoms with van der Waals surface area (Å²) in [4.78, 5) is 13.4. The molecule has 4 heteroatoms. The Morgan fingerprint density at radius 2 is 1.75 bits per heavy atom. The lowest BCUT2D eigenvalue weighted by Gasteiger charge is -2.15. The van der Waals surface area contributed by atoms with E-state index in [-0.39, 0.29) is 10.7 Å². The smallest absolute Gasteiger partial charge is 0.200 e. The third-order valence-corrected chi connectivity index (χ3v) is 5.98. The zero-order chi connectivity index (χ0) is 14.3. The molecule has 1 aromatic heterocycles. The van der Waals surface area contributed by atoms with Crippen LogP contribution in [0.15, 0.2) is 52.2 Å². The molecule has 0 saturated heterocycles.